The van der Waals surface area contributed by atoms with Crippen molar-refractivity contribution in [2.24, 2.45) is 0 Å². The van der Waals surface area contributed by atoms with Crippen molar-refractivity contribution in [2.45, 2.75) is 25.8 Å². The second kappa shape index (κ2) is 8.82. The summed E-state index contributed by atoms with van der Waals surface area (Å²) in [5.74, 6) is -1.25. The number of aliphatic carboxylic acids is 1. The third-order valence-electron chi connectivity index (χ3n) is 3.55. The van der Waals surface area contributed by atoms with E-state index in [2.05, 4.69) is 5.32 Å². The number of nitrogens with one attached hydrogen (secondary N) is 1. The molecule has 6 heteroatoms. The highest BCUT2D eigenvalue weighted by Crippen LogP contribution is 2.21. The van der Waals surface area contributed by atoms with E-state index in [9.17, 15) is 14.0 Å². The standard InChI is InChI=1S/C19H20FNO4/c1-2-11-25-16-9-5-13(6-10-16)17(12-18(22)23)21-19(24)14-3-7-15(20)8-4-14/h3-10,17H,2,11-12H2,1H3,(H,21,24)(H,22,23)/t17-/m0/s1. The zero-order chi connectivity index (χ0) is 18.2. The van der Waals surface area contributed by atoms with Gasteiger partial charge in [-0.25, -0.2) is 4.39 Å². The van der Waals surface area contributed by atoms with Gasteiger partial charge in [-0.15, -0.1) is 0 Å². The molecule has 0 spiro atoms. The molecule has 0 aromatic heterocycles. The van der Waals surface area contributed by atoms with Crippen LogP contribution in [-0.2, 0) is 4.79 Å². The van der Waals surface area contributed by atoms with Gasteiger partial charge in [-0.2, -0.15) is 0 Å². The van der Waals surface area contributed by atoms with Crippen molar-refractivity contribution in [3.63, 3.8) is 0 Å². The van der Waals surface area contributed by atoms with E-state index >= 15 is 0 Å². The van der Waals surface area contributed by atoms with E-state index < -0.39 is 23.7 Å². The number of carbonyl (C=O) groups excluding carboxylic acids is 1. The van der Waals surface area contributed by atoms with Crippen LogP contribution in [-0.4, -0.2) is 23.6 Å². The van der Waals surface area contributed by atoms with Crippen LogP contribution in [0.25, 0.3) is 0 Å². The molecule has 1 amide bonds. The molecule has 0 saturated carbocycles. The fourth-order valence-corrected chi connectivity index (χ4v) is 2.29. The molecule has 25 heavy (non-hydrogen) atoms. The van der Waals surface area contributed by atoms with Gasteiger partial charge in [0.1, 0.15) is 11.6 Å². The summed E-state index contributed by atoms with van der Waals surface area (Å²) in [4.78, 5) is 23.4. The Labute approximate surface area is 145 Å². The van der Waals surface area contributed by atoms with E-state index in [-0.39, 0.29) is 12.0 Å². The fourth-order valence-electron chi connectivity index (χ4n) is 2.29. The maximum Gasteiger partial charge on any atom is 0.305 e. The maximum atomic E-state index is 13.0. The number of amides is 1. The van der Waals surface area contributed by atoms with Crippen LogP contribution in [0.15, 0.2) is 48.5 Å². The largest absolute Gasteiger partial charge is 0.494 e. The Morgan fingerprint density at radius 3 is 2.32 bits per heavy atom. The number of carbonyl (C=O) groups is 2. The minimum absolute atomic E-state index is 0.262. The van der Waals surface area contributed by atoms with E-state index in [4.69, 9.17) is 9.84 Å². The van der Waals surface area contributed by atoms with Crippen LogP contribution in [0.2, 0.25) is 0 Å². The molecule has 0 heterocycles. The second-order valence-corrected chi connectivity index (χ2v) is 5.55. The van der Waals surface area contributed by atoms with Crippen LogP contribution in [0.1, 0.15) is 41.7 Å². The predicted molar refractivity (Wildman–Crippen MR) is 91.1 cm³/mol. The lowest BCUT2D eigenvalue weighted by Gasteiger charge is -2.18. The van der Waals surface area contributed by atoms with Gasteiger partial charge in [-0.3, -0.25) is 9.59 Å². The average molecular weight is 345 g/mol. The van der Waals surface area contributed by atoms with Crippen LogP contribution >= 0.6 is 0 Å². The number of carboxylic acid groups (broad SMARTS) is 1. The maximum absolute atomic E-state index is 13.0. The lowest BCUT2D eigenvalue weighted by atomic mass is 10.0. The van der Waals surface area contributed by atoms with Crippen molar-refractivity contribution in [1.29, 1.82) is 0 Å². The highest BCUT2D eigenvalue weighted by atomic mass is 19.1. The molecule has 0 saturated heterocycles. The summed E-state index contributed by atoms with van der Waals surface area (Å²) in [6, 6.07) is 11.3. The number of carboxylic acids is 1. The summed E-state index contributed by atoms with van der Waals surface area (Å²) in [5, 5.41) is 11.8. The SMILES string of the molecule is CCCOc1ccc([C@H](CC(=O)O)NC(=O)c2ccc(F)cc2)cc1. The van der Waals surface area contributed by atoms with Crippen molar-refractivity contribution >= 4 is 11.9 Å². The topological polar surface area (TPSA) is 75.6 Å². The number of benzene rings is 2. The summed E-state index contributed by atoms with van der Waals surface area (Å²) >= 11 is 0. The first-order chi connectivity index (χ1) is 12.0. The Balaban J connectivity index is 2.13. The van der Waals surface area contributed by atoms with Crippen molar-refractivity contribution < 1.29 is 23.8 Å². The van der Waals surface area contributed by atoms with Crippen molar-refractivity contribution in [1.82, 2.24) is 5.32 Å². The second-order valence-electron chi connectivity index (χ2n) is 5.55. The van der Waals surface area contributed by atoms with Crippen LogP contribution in [0.3, 0.4) is 0 Å². The zero-order valence-corrected chi connectivity index (χ0v) is 13.9. The monoisotopic (exact) mass is 345 g/mol. The quantitative estimate of drug-likeness (QED) is 0.767. The predicted octanol–water partition coefficient (Wildman–Crippen LogP) is 3.56. The van der Waals surface area contributed by atoms with Gasteiger partial charge in [0.25, 0.3) is 5.91 Å². The molecule has 2 aromatic rings. The Kier molecular flexibility index (Phi) is 6.51. The van der Waals surface area contributed by atoms with E-state index in [0.29, 0.717) is 17.9 Å². The Morgan fingerprint density at radius 2 is 1.76 bits per heavy atom. The molecule has 2 N–H and O–H groups in total. The molecule has 0 unspecified atom stereocenters. The lowest BCUT2D eigenvalue weighted by Crippen LogP contribution is -2.30. The summed E-state index contributed by atoms with van der Waals surface area (Å²) in [6.45, 7) is 2.60. The van der Waals surface area contributed by atoms with E-state index in [1.807, 2.05) is 6.92 Å². The minimum atomic E-state index is -1.03. The van der Waals surface area contributed by atoms with Crippen molar-refractivity contribution in [2.75, 3.05) is 6.61 Å². The van der Waals surface area contributed by atoms with Gasteiger partial charge >= 0.3 is 5.97 Å². The normalized spacial score (nSPS) is 11.6. The van der Waals surface area contributed by atoms with E-state index in [1.165, 1.54) is 24.3 Å². The smallest absolute Gasteiger partial charge is 0.305 e. The first kappa shape index (κ1) is 18.4. The summed E-state index contributed by atoms with van der Waals surface area (Å²) in [6.07, 6.45) is 0.624. The molecule has 2 aromatic carbocycles. The number of rotatable bonds is 8. The molecule has 2 rings (SSSR count). The molecule has 1 atom stereocenters. The van der Waals surface area contributed by atoms with Gasteiger partial charge in [0.05, 0.1) is 19.1 Å². The van der Waals surface area contributed by atoms with Gasteiger partial charge < -0.3 is 15.2 Å². The van der Waals surface area contributed by atoms with Crippen LogP contribution < -0.4 is 10.1 Å². The third kappa shape index (κ3) is 5.60. The molecule has 132 valence electrons. The highest BCUT2D eigenvalue weighted by molar-refractivity contribution is 5.94. The molecule has 0 fully saturated rings. The highest BCUT2D eigenvalue weighted by Gasteiger charge is 2.19. The van der Waals surface area contributed by atoms with Crippen LogP contribution in [0.5, 0.6) is 5.75 Å². The van der Waals surface area contributed by atoms with E-state index in [0.717, 1.165) is 6.42 Å². The summed E-state index contributed by atoms with van der Waals surface area (Å²) in [5.41, 5.74) is 0.918. The van der Waals surface area contributed by atoms with E-state index in [1.54, 1.807) is 24.3 Å². The average Bonchev–Trinajstić information content (AvgIpc) is 2.60. The number of hydrogen-bond donors (Lipinski definition) is 2. The Hall–Kier alpha value is -2.89. The molecular formula is C19H20FNO4. The van der Waals surface area contributed by atoms with Crippen molar-refractivity contribution in [3.8, 4) is 5.75 Å². The summed E-state index contributed by atoms with van der Waals surface area (Å²) in [7, 11) is 0. The van der Waals surface area contributed by atoms with Crippen molar-refractivity contribution in [3.05, 3.63) is 65.5 Å². The lowest BCUT2D eigenvalue weighted by molar-refractivity contribution is -0.137. The fraction of sp³-hybridized carbons (Fsp3) is 0.263. The molecule has 0 aliphatic carbocycles. The van der Waals surface area contributed by atoms with Crippen LogP contribution in [0.4, 0.5) is 4.39 Å². The van der Waals surface area contributed by atoms with Gasteiger partial charge in [0.2, 0.25) is 0 Å². The first-order valence-electron chi connectivity index (χ1n) is 8.00. The first-order valence-corrected chi connectivity index (χ1v) is 8.00. The van der Waals surface area contributed by atoms with Gasteiger partial charge in [-0.1, -0.05) is 19.1 Å². The molecule has 5 nitrogen and oxygen atoms in total. The number of halogens is 1. The van der Waals surface area contributed by atoms with Gasteiger partial charge in [-0.05, 0) is 48.4 Å². The molecular weight excluding hydrogens is 325 g/mol. The summed E-state index contributed by atoms with van der Waals surface area (Å²) < 4.78 is 18.4. The third-order valence-corrected chi connectivity index (χ3v) is 3.55. The number of ether oxygens (including phenoxy) is 1. The molecule has 0 aliphatic heterocycles. The molecule has 0 aliphatic rings. The Morgan fingerprint density at radius 1 is 1.12 bits per heavy atom. The number of hydrogen-bond acceptors (Lipinski definition) is 3. The van der Waals surface area contributed by atoms with Crippen LogP contribution in [0, 0.1) is 5.82 Å². The zero-order valence-electron chi connectivity index (χ0n) is 13.9. The Bertz CT molecular complexity index is 713. The van der Waals surface area contributed by atoms with Gasteiger partial charge in [0, 0.05) is 5.56 Å². The molecule has 0 bridgehead atoms. The van der Waals surface area contributed by atoms with Gasteiger partial charge in [0.15, 0.2) is 0 Å². The molecule has 0 radical (unpaired) electrons. The minimum Gasteiger partial charge on any atom is -0.494 e.